The molecule has 0 unspecified atom stereocenters. The van der Waals surface area contributed by atoms with Crippen LogP contribution in [0.3, 0.4) is 0 Å². The Morgan fingerprint density at radius 3 is 2.55 bits per heavy atom. The zero-order valence-electron chi connectivity index (χ0n) is 27.2. The average molecular weight is 674 g/mol. The van der Waals surface area contributed by atoms with E-state index in [-0.39, 0.29) is 23.8 Å². The maximum absolute atomic E-state index is 14.4. The molecule has 3 fully saturated rings. The van der Waals surface area contributed by atoms with Gasteiger partial charge in [0.15, 0.2) is 0 Å². The first-order valence-electron chi connectivity index (χ1n) is 16.1. The lowest BCUT2D eigenvalue weighted by Gasteiger charge is -2.49. The van der Waals surface area contributed by atoms with Gasteiger partial charge in [0.2, 0.25) is 17.5 Å². The summed E-state index contributed by atoms with van der Waals surface area (Å²) in [4.78, 5) is 72.2. The first-order valence-corrected chi connectivity index (χ1v) is 17.7. The summed E-state index contributed by atoms with van der Waals surface area (Å²) in [5.74, 6) is -3.97. The number of nitrogens with zero attached hydrogens (tertiary/aromatic N) is 3. The second kappa shape index (κ2) is 11.8. The quantitative estimate of drug-likeness (QED) is 0.253. The van der Waals surface area contributed by atoms with Crippen molar-refractivity contribution in [3.63, 3.8) is 0 Å². The Bertz CT molecular complexity index is 1680. The van der Waals surface area contributed by atoms with Gasteiger partial charge in [-0.2, -0.15) is 0 Å². The fourth-order valence-electron chi connectivity index (χ4n) is 8.10. The molecule has 5 heterocycles. The Morgan fingerprint density at radius 1 is 1.19 bits per heavy atom. The van der Waals surface area contributed by atoms with Crippen LogP contribution in [0.25, 0.3) is 16.5 Å². The van der Waals surface area contributed by atoms with E-state index in [0.717, 1.165) is 29.5 Å². The van der Waals surface area contributed by atoms with Gasteiger partial charge in [0.05, 0.1) is 5.92 Å². The fraction of sp³-hybridized carbons (Fsp3) is 0.594. The smallest absolute Gasteiger partial charge is 0.361 e. The predicted octanol–water partition coefficient (Wildman–Crippen LogP) is 1.50. The number of H-pyrrole nitrogens is 1. The molecule has 2 aromatic rings. The van der Waals surface area contributed by atoms with Gasteiger partial charge in [0.1, 0.15) is 12.1 Å². The number of amides is 3. The van der Waals surface area contributed by atoms with Crippen LogP contribution in [0.15, 0.2) is 30.5 Å². The number of hydrogen-bond acceptors (Lipinski definition) is 7. The van der Waals surface area contributed by atoms with Crippen LogP contribution < -0.4 is 5.32 Å². The van der Waals surface area contributed by atoms with Crippen molar-refractivity contribution in [1.29, 1.82) is 0 Å². The highest BCUT2D eigenvalue weighted by molar-refractivity contribution is 7.45. The van der Waals surface area contributed by atoms with Crippen molar-refractivity contribution in [2.75, 3.05) is 20.1 Å². The first-order chi connectivity index (χ1) is 22.0. The number of nitrogens with one attached hydrogen (secondary N) is 2. The molecule has 0 saturated carbocycles. The Morgan fingerprint density at radius 2 is 1.89 bits per heavy atom. The number of phosphoric acid groups is 1. The molecule has 1 aliphatic carbocycles. The molecule has 14 nitrogen and oxygen atoms in total. The van der Waals surface area contributed by atoms with Crippen LogP contribution in [0, 0.1) is 17.8 Å². The second-order valence-corrected chi connectivity index (χ2v) is 15.1. The van der Waals surface area contributed by atoms with E-state index in [9.17, 15) is 19.5 Å². The summed E-state index contributed by atoms with van der Waals surface area (Å²) >= 11 is 0. The lowest BCUT2D eigenvalue weighted by Crippen LogP contribution is -2.71. The maximum Gasteiger partial charge on any atom is 0.466 e. The number of piperazine rings is 1. The first kappa shape index (κ1) is 33.8. The van der Waals surface area contributed by atoms with Gasteiger partial charge in [-0.05, 0) is 61.4 Å². The zero-order valence-corrected chi connectivity index (χ0v) is 28.1. The SMILES string of the molecule is CC(C)C[C@H]1C(=O)N2CCC[C@H]2[C@]2(O)O[C@](NC(=O)[C@@H]3C=C4c5cccc6[nH]cc(c56)C[C@H]4N(C)C3)(C(C)C)C(=O)N12.O=P(O)(O)O. The topological polar surface area (TPSA) is 196 Å². The van der Waals surface area contributed by atoms with Crippen molar-refractivity contribution in [1.82, 2.24) is 25.0 Å². The number of fused-ring (bicyclic) bond motifs is 5. The van der Waals surface area contributed by atoms with Crippen molar-refractivity contribution in [3.8, 4) is 0 Å². The zero-order chi connectivity index (χ0) is 34.2. The standard InChI is InChI=1S/C32H41N5O5.H3O4P/c1-17(2)12-25-29(39)36-11-7-10-26(36)32(41)37(25)30(40)31(42-32,18(3)4)34-28(38)20-13-22-21-8-6-9-23-27(21)19(15-33-23)14-24(22)35(5)16-20;1-5(2,3)4/h6,8-9,13,15,17-18,20,24-26,33,41H,7,10-12,14,16H2,1-5H3,(H,34,38);(H3,1,2,3,4)/t20-,24-,25+,26+,31-,32+;/m1./s1. The van der Waals surface area contributed by atoms with E-state index in [2.05, 4.69) is 33.5 Å². The van der Waals surface area contributed by atoms with Gasteiger partial charge in [-0.25, -0.2) is 4.57 Å². The summed E-state index contributed by atoms with van der Waals surface area (Å²) in [7, 11) is -2.61. The van der Waals surface area contributed by atoms with Crippen molar-refractivity contribution in [2.24, 2.45) is 17.8 Å². The third-order valence-electron chi connectivity index (χ3n) is 10.2. The predicted molar refractivity (Wildman–Crippen MR) is 171 cm³/mol. The number of benzene rings is 1. The van der Waals surface area contributed by atoms with Crippen LogP contribution in [0.5, 0.6) is 0 Å². The number of aromatic amines is 1. The number of ether oxygens (including phenoxy) is 1. The molecule has 0 bridgehead atoms. The molecule has 0 spiro atoms. The van der Waals surface area contributed by atoms with Gasteiger partial charge in [-0.15, -0.1) is 0 Å². The molecule has 6 N–H and O–H groups in total. The minimum absolute atomic E-state index is 0.108. The molecule has 256 valence electrons. The summed E-state index contributed by atoms with van der Waals surface area (Å²) in [6.45, 7) is 8.60. The molecule has 1 aromatic carbocycles. The van der Waals surface area contributed by atoms with E-state index in [1.54, 1.807) is 4.90 Å². The monoisotopic (exact) mass is 673 g/mol. The van der Waals surface area contributed by atoms with Gasteiger partial charge in [-0.3, -0.25) is 28.9 Å². The molecule has 4 aliphatic heterocycles. The molecule has 47 heavy (non-hydrogen) atoms. The van der Waals surface area contributed by atoms with Gasteiger partial charge in [0, 0.05) is 42.1 Å². The van der Waals surface area contributed by atoms with E-state index in [4.69, 9.17) is 24.0 Å². The third-order valence-corrected chi connectivity index (χ3v) is 10.2. The number of carbonyl (C=O) groups is 3. The molecule has 15 heteroatoms. The van der Waals surface area contributed by atoms with E-state index in [1.165, 1.54) is 15.8 Å². The molecule has 1 aromatic heterocycles. The fourth-order valence-corrected chi connectivity index (χ4v) is 8.10. The van der Waals surface area contributed by atoms with Crippen LogP contribution in [0.4, 0.5) is 0 Å². The number of carbonyl (C=O) groups excluding carboxylic acids is 3. The van der Waals surface area contributed by atoms with Crippen LogP contribution in [-0.4, -0.2) is 107 Å². The van der Waals surface area contributed by atoms with E-state index in [0.29, 0.717) is 25.9 Å². The third kappa shape index (κ3) is 5.63. The van der Waals surface area contributed by atoms with Crippen molar-refractivity contribution in [2.45, 2.75) is 83.1 Å². The number of hydrogen-bond donors (Lipinski definition) is 6. The van der Waals surface area contributed by atoms with Crippen molar-refractivity contribution < 1.29 is 43.5 Å². The van der Waals surface area contributed by atoms with Crippen LogP contribution in [0.2, 0.25) is 0 Å². The van der Waals surface area contributed by atoms with Gasteiger partial charge >= 0.3 is 7.82 Å². The second-order valence-electron chi connectivity index (χ2n) is 14.1. The molecular weight excluding hydrogens is 629 g/mol. The van der Waals surface area contributed by atoms with E-state index < -0.39 is 49.3 Å². The van der Waals surface area contributed by atoms with Crippen molar-refractivity contribution >= 4 is 42.0 Å². The molecule has 3 saturated heterocycles. The van der Waals surface area contributed by atoms with Crippen LogP contribution in [-0.2, 0) is 30.1 Å². The van der Waals surface area contributed by atoms with E-state index >= 15 is 0 Å². The summed E-state index contributed by atoms with van der Waals surface area (Å²) in [5.41, 5.74) is 2.79. The number of likely N-dealkylation sites (N-methyl/N-ethyl adjacent to an activating group) is 1. The summed E-state index contributed by atoms with van der Waals surface area (Å²) in [5, 5.41) is 16.3. The maximum atomic E-state index is 14.4. The summed E-state index contributed by atoms with van der Waals surface area (Å²) < 4.78 is 15.3. The largest absolute Gasteiger partial charge is 0.466 e. The minimum atomic E-state index is -4.64. The molecule has 6 atom stereocenters. The van der Waals surface area contributed by atoms with Crippen LogP contribution >= 0.6 is 7.82 Å². The Labute approximate surface area is 273 Å². The molecule has 3 amide bonds. The normalized spacial score (nSPS) is 31.9. The number of rotatable bonds is 5. The van der Waals surface area contributed by atoms with Gasteiger partial charge in [-0.1, -0.05) is 45.9 Å². The van der Waals surface area contributed by atoms with Gasteiger partial charge in [0.25, 0.3) is 11.8 Å². The lowest BCUT2D eigenvalue weighted by atomic mass is 9.79. The number of aliphatic hydroxyl groups is 1. The van der Waals surface area contributed by atoms with Gasteiger partial charge < -0.3 is 35.0 Å². The summed E-state index contributed by atoms with van der Waals surface area (Å²) in [6, 6.07) is 4.84. The average Bonchev–Trinajstić information content (AvgIpc) is 3.68. The molecular formula is C32H44N5O9P. The number of aromatic nitrogens is 1. The van der Waals surface area contributed by atoms with E-state index in [1.807, 2.05) is 46.9 Å². The molecule has 0 radical (unpaired) electrons. The minimum Gasteiger partial charge on any atom is -0.361 e. The molecule has 5 aliphatic rings. The van der Waals surface area contributed by atoms with Crippen LogP contribution in [0.1, 0.15) is 58.1 Å². The highest BCUT2D eigenvalue weighted by Crippen LogP contribution is 2.48. The summed E-state index contributed by atoms with van der Waals surface area (Å²) in [6.07, 6.45) is 6.62. The van der Waals surface area contributed by atoms with Crippen molar-refractivity contribution in [3.05, 3.63) is 41.6 Å². The molecule has 7 rings (SSSR count). The highest BCUT2D eigenvalue weighted by Gasteiger charge is 2.72. The highest BCUT2D eigenvalue weighted by atomic mass is 31.2. The Balaban J connectivity index is 0.000000720. The Hall–Kier alpha value is -3.10. The lowest BCUT2D eigenvalue weighted by molar-refractivity contribution is -0.322. The Kier molecular flexibility index (Phi) is 8.48.